The molecule has 24 heavy (non-hydrogen) atoms. The Balaban J connectivity index is 2.06. The molecular weight excluding hydrogens is 342 g/mol. The molecule has 0 saturated carbocycles. The summed E-state index contributed by atoms with van der Waals surface area (Å²) in [6.45, 7) is 2.55. The van der Waals surface area contributed by atoms with Gasteiger partial charge in [-0.2, -0.15) is 0 Å². The fourth-order valence-corrected chi connectivity index (χ4v) is 4.42. The Bertz CT molecular complexity index is 441. The van der Waals surface area contributed by atoms with Crippen LogP contribution in [0, 0.1) is 0 Å². The molecule has 2 fully saturated rings. The van der Waals surface area contributed by atoms with Gasteiger partial charge in [-0.1, -0.05) is 0 Å². The summed E-state index contributed by atoms with van der Waals surface area (Å²) in [5, 5.41) is 51.2. The zero-order valence-corrected chi connectivity index (χ0v) is 14.3. The van der Waals surface area contributed by atoms with Gasteiger partial charge in [-0.25, -0.2) is 0 Å². The van der Waals surface area contributed by atoms with Crippen molar-refractivity contribution in [1.29, 1.82) is 0 Å². The van der Waals surface area contributed by atoms with Gasteiger partial charge in [0, 0.05) is 12.2 Å². The van der Waals surface area contributed by atoms with Crippen molar-refractivity contribution < 1.29 is 39.8 Å². The van der Waals surface area contributed by atoms with Gasteiger partial charge in [0.15, 0.2) is 6.29 Å². The average molecular weight is 367 g/mol. The third kappa shape index (κ3) is 4.38. The van der Waals surface area contributed by atoms with Crippen LogP contribution < -0.4 is 5.32 Å². The first kappa shape index (κ1) is 19.9. The number of hydrogen-bond acceptors (Lipinski definition) is 9. The monoisotopic (exact) mass is 367 g/mol. The quantitative estimate of drug-likeness (QED) is 0.318. The van der Waals surface area contributed by atoms with Gasteiger partial charge in [0.05, 0.1) is 24.9 Å². The molecule has 0 aromatic heterocycles. The molecule has 2 saturated heterocycles. The van der Waals surface area contributed by atoms with E-state index in [0.717, 1.165) is 11.8 Å². The highest BCUT2D eigenvalue weighted by Gasteiger charge is 2.46. The molecule has 0 aromatic rings. The number of carbonyl (C=O) groups is 1. The minimum Gasteiger partial charge on any atom is -0.394 e. The predicted molar refractivity (Wildman–Crippen MR) is 83.9 cm³/mol. The van der Waals surface area contributed by atoms with Crippen LogP contribution in [0.15, 0.2) is 0 Å². The molecule has 2 aliphatic heterocycles. The maximum atomic E-state index is 11.2. The summed E-state index contributed by atoms with van der Waals surface area (Å²) < 4.78 is 10.9. The molecular formula is C14H25NO8S. The molecule has 140 valence electrons. The lowest BCUT2D eigenvalue weighted by Crippen LogP contribution is -2.58. The summed E-state index contributed by atoms with van der Waals surface area (Å²) in [5.74, 6) is -0.324. The number of carbonyl (C=O) groups excluding carboxylic acids is 1. The first-order valence-electron chi connectivity index (χ1n) is 7.81. The van der Waals surface area contributed by atoms with Gasteiger partial charge in [-0.05, 0) is 13.3 Å². The number of aliphatic hydroxyl groups excluding tert-OH is 5. The van der Waals surface area contributed by atoms with E-state index in [9.17, 15) is 30.3 Å². The minimum atomic E-state index is -1.35. The van der Waals surface area contributed by atoms with Crippen molar-refractivity contribution >= 4 is 17.7 Å². The summed E-state index contributed by atoms with van der Waals surface area (Å²) in [6, 6.07) is -0.656. The number of nitrogens with one attached hydrogen (secondary N) is 1. The van der Waals surface area contributed by atoms with Crippen LogP contribution in [0.2, 0.25) is 0 Å². The van der Waals surface area contributed by atoms with Gasteiger partial charge < -0.3 is 40.3 Å². The third-order valence-electron chi connectivity index (χ3n) is 4.25. The summed E-state index contributed by atoms with van der Waals surface area (Å²) in [7, 11) is 0. The first-order valence-corrected chi connectivity index (χ1v) is 8.75. The van der Waals surface area contributed by atoms with Gasteiger partial charge >= 0.3 is 0 Å². The Labute approximate surface area is 144 Å². The van der Waals surface area contributed by atoms with Crippen LogP contribution >= 0.6 is 11.8 Å². The average Bonchev–Trinajstić information content (AvgIpc) is 2.52. The molecule has 2 heterocycles. The van der Waals surface area contributed by atoms with Gasteiger partial charge in [0.25, 0.3) is 0 Å². The highest BCUT2D eigenvalue weighted by atomic mass is 32.2. The Morgan fingerprint density at radius 2 is 1.83 bits per heavy atom. The van der Waals surface area contributed by atoms with Crippen molar-refractivity contribution in [3.8, 4) is 0 Å². The zero-order valence-electron chi connectivity index (χ0n) is 13.5. The van der Waals surface area contributed by atoms with Crippen LogP contribution in [-0.4, -0.2) is 91.6 Å². The van der Waals surface area contributed by atoms with E-state index in [1.807, 2.05) is 0 Å². The Kier molecular flexibility index (Phi) is 6.85. The van der Waals surface area contributed by atoms with E-state index in [0.29, 0.717) is 0 Å². The van der Waals surface area contributed by atoms with Gasteiger partial charge in [-0.3, -0.25) is 4.79 Å². The van der Waals surface area contributed by atoms with Crippen molar-refractivity contribution in [3.63, 3.8) is 0 Å². The lowest BCUT2D eigenvalue weighted by atomic mass is 10.0. The second kappa shape index (κ2) is 8.28. The standard InChI is InChI=1S/C14H25NO8S/c1-5-10(18)11(19)12(20)14(22-5)24-9-3-7(15-6(2)17)13(21)23-8(9)4-16/h5,7-14,16,18-21H,3-4H2,1-2H3,(H,15,17)/t5-,7+,8+,9?,10+,11+,12-,13?,14-/m0/s1. The molecule has 10 heteroatoms. The molecule has 2 aliphatic rings. The fraction of sp³-hybridized carbons (Fsp3) is 0.929. The lowest BCUT2D eigenvalue weighted by molar-refractivity contribution is -0.195. The molecule has 0 aromatic carbocycles. The molecule has 9 atom stereocenters. The number of amides is 1. The molecule has 1 amide bonds. The largest absolute Gasteiger partial charge is 0.394 e. The van der Waals surface area contributed by atoms with Crippen molar-refractivity contribution in [3.05, 3.63) is 0 Å². The Hall–Kier alpha value is -0.460. The van der Waals surface area contributed by atoms with Crippen molar-refractivity contribution in [2.75, 3.05) is 6.61 Å². The fourth-order valence-electron chi connectivity index (χ4n) is 2.87. The maximum absolute atomic E-state index is 11.2. The number of rotatable bonds is 4. The van der Waals surface area contributed by atoms with Gasteiger partial charge in [-0.15, -0.1) is 11.8 Å². The van der Waals surface area contributed by atoms with Gasteiger partial charge in [0.2, 0.25) is 5.91 Å². The van der Waals surface area contributed by atoms with E-state index in [1.54, 1.807) is 6.92 Å². The second-order valence-corrected chi connectivity index (χ2v) is 7.49. The third-order valence-corrected chi connectivity index (χ3v) is 5.75. The van der Waals surface area contributed by atoms with Crippen molar-refractivity contribution in [1.82, 2.24) is 5.32 Å². The number of hydrogen-bond donors (Lipinski definition) is 6. The van der Waals surface area contributed by atoms with E-state index < -0.39 is 53.5 Å². The van der Waals surface area contributed by atoms with Crippen molar-refractivity contribution in [2.45, 2.75) is 73.8 Å². The molecule has 0 radical (unpaired) electrons. The topological polar surface area (TPSA) is 149 Å². The van der Waals surface area contributed by atoms with Crippen LogP contribution in [0.1, 0.15) is 20.3 Å². The number of ether oxygens (including phenoxy) is 2. The van der Waals surface area contributed by atoms with E-state index in [4.69, 9.17) is 9.47 Å². The Morgan fingerprint density at radius 1 is 1.17 bits per heavy atom. The van der Waals surface area contributed by atoms with Crippen LogP contribution in [0.5, 0.6) is 0 Å². The van der Waals surface area contributed by atoms with Crippen LogP contribution in [0.4, 0.5) is 0 Å². The SMILES string of the molecule is CC(=O)N[C@@H]1CC(S[C@@H]2O[C@@H](C)[C@@H](O)[C@@H](O)[C@@H]2O)[C@@H](CO)OC1O. The first-order chi connectivity index (χ1) is 11.2. The Morgan fingerprint density at radius 3 is 2.42 bits per heavy atom. The van der Waals surface area contributed by atoms with Gasteiger partial charge in [0.1, 0.15) is 23.7 Å². The smallest absolute Gasteiger partial charge is 0.217 e. The van der Waals surface area contributed by atoms with Crippen LogP contribution in [0.25, 0.3) is 0 Å². The van der Waals surface area contributed by atoms with Crippen LogP contribution in [0.3, 0.4) is 0 Å². The second-order valence-electron chi connectivity index (χ2n) is 6.15. The number of thioether (sulfide) groups is 1. The lowest BCUT2D eigenvalue weighted by Gasteiger charge is -2.43. The van der Waals surface area contributed by atoms with Crippen LogP contribution in [-0.2, 0) is 14.3 Å². The molecule has 2 rings (SSSR count). The molecule has 0 spiro atoms. The maximum Gasteiger partial charge on any atom is 0.217 e. The normalized spacial score (nSPS) is 46.5. The predicted octanol–water partition coefficient (Wildman–Crippen LogP) is -2.48. The molecule has 9 nitrogen and oxygen atoms in total. The van der Waals surface area contributed by atoms with Crippen molar-refractivity contribution in [2.24, 2.45) is 0 Å². The highest BCUT2D eigenvalue weighted by molar-refractivity contribution is 8.00. The van der Waals surface area contributed by atoms with E-state index in [1.165, 1.54) is 6.92 Å². The zero-order chi connectivity index (χ0) is 18.0. The molecule has 6 N–H and O–H groups in total. The summed E-state index contributed by atoms with van der Waals surface area (Å²) in [6.07, 6.45) is -6.20. The molecule has 0 aliphatic carbocycles. The van der Waals surface area contributed by atoms with E-state index >= 15 is 0 Å². The molecule has 0 bridgehead atoms. The summed E-state index contributed by atoms with van der Waals surface area (Å²) in [4.78, 5) is 11.2. The number of aliphatic hydroxyl groups is 5. The minimum absolute atomic E-state index is 0.288. The van der Waals surface area contributed by atoms with E-state index in [2.05, 4.69) is 5.32 Å². The van der Waals surface area contributed by atoms with E-state index in [-0.39, 0.29) is 18.9 Å². The highest BCUT2D eigenvalue weighted by Crippen LogP contribution is 2.36. The summed E-state index contributed by atoms with van der Waals surface area (Å²) in [5.41, 5.74) is -0.839. The summed E-state index contributed by atoms with van der Waals surface area (Å²) >= 11 is 1.13. The molecule has 2 unspecified atom stereocenters.